The molecule has 0 saturated heterocycles. The smallest absolute Gasteiger partial charge is 0.191 e. The fourth-order valence-corrected chi connectivity index (χ4v) is 2.33. The molecule has 2 aromatic carbocycles. The first-order chi connectivity index (χ1) is 11.3. The Balaban J connectivity index is 1.69. The number of guanidine groups is 1. The van der Waals surface area contributed by atoms with Gasteiger partial charge >= 0.3 is 0 Å². The molecule has 23 heavy (non-hydrogen) atoms. The van der Waals surface area contributed by atoms with E-state index in [1.54, 1.807) is 14.2 Å². The van der Waals surface area contributed by atoms with Crippen LogP contribution in [0.15, 0.2) is 59.6 Å². The van der Waals surface area contributed by atoms with E-state index in [0.29, 0.717) is 0 Å². The molecule has 0 atom stereocenters. The molecule has 2 rings (SSSR count). The van der Waals surface area contributed by atoms with E-state index >= 15 is 0 Å². The number of benzene rings is 2. The normalized spacial score (nSPS) is 11.1. The summed E-state index contributed by atoms with van der Waals surface area (Å²) < 4.78 is 5.25. The van der Waals surface area contributed by atoms with E-state index < -0.39 is 0 Å². The van der Waals surface area contributed by atoms with Crippen LogP contribution in [0, 0.1) is 0 Å². The SMILES string of the molecule is CN=C(NCCCc1cccc(OC)c1)NCc1ccccc1. The van der Waals surface area contributed by atoms with E-state index in [-0.39, 0.29) is 0 Å². The third-order valence-electron chi connectivity index (χ3n) is 3.60. The number of aryl methyl sites for hydroxylation is 1. The lowest BCUT2D eigenvalue weighted by atomic mass is 10.1. The van der Waals surface area contributed by atoms with Gasteiger partial charge in [-0.25, -0.2) is 0 Å². The van der Waals surface area contributed by atoms with Crippen molar-refractivity contribution in [2.45, 2.75) is 19.4 Å². The molecule has 4 nitrogen and oxygen atoms in total. The van der Waals surface area contributed by atoms with Gasteiger partial charge in [0.25, 0.3) is 0 Å². The lowest BCUT2D eigenvalue weighted by molar-refractivity contribution is 0.414. The molecule has 2 aromatic rings. The Hall–Kier alpha value is -2.49. The van der Waals surface area contributed by atoms with Gasteiger partial charge in [-0.3, -0.25) is 4.99 Å². The highest BCUT2D eigenvalue weighted by molar-refractivity contribution is 5.79. The van der Waals surface area contributed by atoms with Crippen molar-refractivity contribution in [2.75, 3.05) is 20.7 Å². The predicted molar refractivity (Wildman–Crippen MR) is 96.0 cm³/mol. The van der Waals surface area contributed by atoms with Gasteiger partial charge in [0.1, 0.15) is 5.75 Å². The third kappa shape index (κ3) is 6.02. The van der Waals surface area contributed by atoms with Crippen molar-refractivity contribution in [3.63, 3.8) is 0 Å². The van der Waals surface area contributed by atoms with Crippen molar-refractivity contribution in [1.82, 2.24) is 10.6 Å². The molecule has 0 spiro atoms. The van der Waals surface area contributed by atoms with Crippen LogP contribution in [0.25, 0.3) is 0 Å². The second kappa shape index (κ2) is 9.51. The molecule has 0 amide bonds. The summed E-state index contributed by atoms with van der Waals surface area (Å²) in [6.07, 6.45) is 2.05. The topological polar surface area (TPSA) is 45.7 Å². The van der Waals surface area contributed by atoms with Crippen LogP contribution in [-0.4, -0.2) is 26.7 Å². The van der Waals surface area contributed by atoms with E-state index in [0.717, 1.165) is 37.6 Å². The van der Waals surface area contributed by atoms with Crippen molar-refractivity contribution >= 4 is 5.96 Å². The van der Waals surface area contributed by atoms with Crippen LogP contribution in [0.5, 0.6) is 5.75 Å². The molecular weight excluding hydrogens is 286 g/mol. The summed E-state index contributed by atoms with van der Waals surface area (Å²) in [7, 11) is 3.49. The first-order valence-corrected chi connectivity index (χ1v) is 7.93. The minimum atomic E-state index is 0.774. The van der Waals surface area contributed by atoms with Crippen LogP contribution >= 0.6 is 0 Å². The molecule has 0 aliphatic rings. The monoisotopic (exact) mass is 311 g/mol. The molecule has 122 valence electrons. The maximum atomic E-state index is 5.25. The van der Waals surface area contributed by atoms with Crippen LogP contribution in [0.2, 0.25) is 0 Å². The maximum Gasteiger partial charge on any atom is 0.191 e. The Morgan fingerprint density at radius 2 is 1.78 bits per heavy atom. The van der Waals surface area contributed by atoms with Crippen LogP contribution in [0.1, 0.15) is 17.5 Å². The Bertz CT molecular complexity index is 611. The maximum absolute atomic E-state index is 5.25. The van der Waals surface area contributed by atoms with E-state index in [9.17, 15) is 0 Å². The molecule has 0 saturated carbocycles. The Morgan fingerprint density at radius 1 is 1.00 bits per heavy atom. The number of rotatable bonds is 7. The fraction of sp³-hybridized carbons (Fsp3) is 0.316. The number of nitrogens with one attached hydrogen (secondary N) is 2. The van der Waals surface area contributed by atoms with Gasteiger partial charge in [-0.15, -0.1) is 0 Å². The molecule has 0 aliphatic carbocycles. The first kappa shape index (κ1) is 16.9. The van der Waals surface area contributed by atoms with E-state index in [1.165, 1.54) is 11.1 Å². The Labute approximate surface area is 138 Å². The van der Waals surface area contributed by atoms with Gasteiger partial charge < -0.3 is 15.4 Å². The first-order valence-electron chi connectivity index (χ1n) is 7.93. The van der Waals surface area contributed by atoms with Crippen LogP contribution in [0.4, 0.5) is 0 Å². The molecule has 0 fully saturated rings. The Kier molecular flexibility index (Phi) is 6.98. The van der Waals surface area contributed by atoms with Gasteiger partial charge in [-0.05, 0) is 36.1 Å². The lowest BCUT2D eigenvalue weighted by Gasteiger charge is -2.12. The highest BCUT2D eigenvalue weighted by Crippen LogP contribution is 2.13. The van der Waals surface area contributed by atoms with E-state index in [2.05, 4.69) is 39.9 Å². The van der Waals surface area contributed by atoms with Crippen molar-refractivity contribution < 1.29 is 4.74 Å². The quantitative estimate of drug-likeness (QED) is 0.469. The number of hydrogen-bond donors (Lipinski definition) is 2. The van der Waals surface area contributed by atoms with Crippen LogP contribution < -0.4 is 15.4 Å². The van der Waals surface area contributed by atoms with Gasteiger partial charge in [0.05, 0.1) is 7.11 Å². The fourth-order valence-electron chi connectivity index (χ4n) is 2.33. The zero-order valence-electron chi connectivity index (χ0n) is 13.9. The largest absolute Gasteiger partial charge is 0.497 e. The van der Waals surface area contributed by atoms with Gasteiger partial charge in [-0.1, -0.05) is 42.5 Å². The standard InChI is InChI=1S/C19H25N3O/c1-20-19(22-15-17-8-4-3-5-9-17)21-13-7-11-16-10-6-12-18(14-16)23-2/h3-6,8-10,12,14H,7,11,13,15H2,1-2H3,(H2,20,21,22). The molecule has 4 heteroatoms. The summed E-state index contributed by atoms with van der Waals surface area (Å²) in [5.74, 6) is 1.75. The average Bonchev–Trinajstić information content (AvgIpc) is 2.62. The molecule has 0 heterocycles. The molecule has 0 aromatic heterocycles. The summed E-state index contributed by atoms with van der Waals surface area (Å²) >= 11 is 0. The average molecular weight is 311 g/mol. The van der Waals surface area contributed by atoms with E-state index in [1.807, 2.05) is 30.3 Å². The summed E-state index contributed by atoms with van der Waals surface area (Å²) in [5, 5.41) is 6.67. The summed E-state index contributed by atoms with van der Waals surface area (Å²) in [4.78, 5) is 4.25. The molecular formula is C19H25N3O. The van der Waals surface area contributed by atoms with Gasteiger partial charge in [0, 0.05) is 20.1 Å². The van der Waals surface area contributed by atoms with Crippen molar-refractivity contribution in [1.29, 1.82) is 0 Å². The number of aliphatic imine (C=N–C) groups is 1. The lowest BCUT2D eigenvalue weighted by Crippen LogP contribution is -2.37. The molecule has 2 N–H and O–H groups in total. The minimum Gasteiger partial charge on any atom is -0.497 e. The van der Waals surface area contributed by atoms with Gasteiger partial charge in [0.2, 0.25) is 0 Å². The van der Waals surface area contributed by atoms with Gasteiger partial charge in [-0.2, -0.15) is 0 Å². The number of hydrogen-bond acceptors (Lipinski definition) is 2. The van der Waals surface area contributed by atoms with Crippen molar-refractivity contribution in [2.24, 2.45) is 4.99 Å². The number of ether oxygens (including phenoxy) is 1. The molecule has 0 unspecified atom stereocenters. The minimum absolute atomic E-state index is 0.774. The zero-order chi connectivity index (χ0) is 16.3. The second-order valence-corrected chi connectivity index (χ2v) is 5.29. The molecule has 0 aliphatic heterocycles. The highest BCUT2D eigenvalue weighted by Gasteiger charge is 1.99. The third-order valence-corrected chi connectivity index (χ3v) is 3.60. The summed E-state index contributed by atoms with van der Waals surface area (Å²) in [5.41, 5.74) is 2.53. The van der Waals surface area contributed by atoms with Crippen molar-refractivity contribution in [3.05, 3.63) is 65.7 Å². The van der Waals surface area contributed by atoms with Crippen molar-refractivity contribution in [3.8, 4) is 5.75 Å². The Morgan fingerprint density at radius 3 is 2.52 bits per heavy atom. The molecule has 0 bridgehead atoms. The van der Waals surface area contributed by atoms with E-state index in [4.69, 9.17) is 4.74 Å². The van der Waals surface area contributed by atoms with Gasteiger partial charge in [0.15, 0.2) is 5.96 Å². The van der Waals surface area contributed by atoms with Crippen LogP contribution in [-0.2, 0) is 13.0 Å². The highest BCUT2D eigenvalue weighted by atomic mass is 16.5. The predicted octanol–water partition coefficient (Wildman–Crippen LogP) is 2.99. The number of nitrogens with zero attached hydrogens (tertiary/aromatic N) is 1. The van der Waals surface area contributed by atoms with Crippen LogP contribution in [0.3, 0.4) is 0 Å². The summed E-state index contributed by atoms with van der Waals surface area (Å²) in [6.45, 7) is 1.65. The second-order valence-electron chi connectivity index (χ2n) is 5.29. The summed E-state index contributed by atoms with van der Waals surface area (Å²) in [6, 6.07) is 18.5. The zero-order valence-corrected chi connectivity index (χ0v) is 13.9. The number of methoxy groups -OCH3 is 1. The molecule has 0 radical (unpaired) electrons.